The lowest BCUT2D eigenvalue weighted by molar-refractivity contribution is 0.299. The van der Waals surface area contributed by atoms with Crippen molar-refractivity contribution in [3.05, 3.63) is 83.7 Å². The molecule has 2 N–H and O–H groups in total. The van der Waals surface area contributed by atoms with E-state index in [1.165, 1.54) is 0 Å². The van der Waals surface area contributed by atoms with Crippen LogP contribution in [0.2, 0.25) is 0 Å². The first-order valence-electron chi connectivity index (χ1n) is 12.2. The molecule has 0 aliphatic rings. The monoisotopic (exact) mass is 489 g/mol. The normalized spacial score (nSPS) is 10.5. The Morgan fingerprint density at radius 3 is 2.11 bits per heavy atom. The van der Waals surface area contributed by atoms with Gasteiger partial charge in [-0.15, -0.1) is 0 Å². The SMILES string of the molecule is CC.COc1cc(OC)cc(N(CCO)c2ccc3ncc(Cc4ccccc4CCO)nc3c2)c1. The van der Waals surface area contributed by atoms with Crippen LogP contribution in [0.5, 0.6) is 11.5 Å². The predicted octanol–water partition coefficient (Wildman–Crippen LogP) is 4.93. The van der Waals surface area contributed by atoms with Crippen LogP contribution in [0.1, 0.15) is 30.7 Å². The Morgan fingerprint density at radius 1 is 0.778 bits per heavy atom. The van der Waals surface area contributed by atoms with Crippen LogP contribution in [0.25, 0.3) is 11.0 Å². The van der Waals surface area contributed by atoms with E-state index in [1.807, 2.05) is 73.3 Å². The second-order valence-electron chi connectivity index (χ2n) is 7.90. The summed E-state index contributed by atoms with van der Waals surface area (Å²) in [5.74, 6) is 1.34. The molecule has 0 saturated heterocycles. The van der Waals surface area contributed by atoms with Crippen molar-refractivity contribution in [3.8, 4) is 11.5 Å². The average molecular weight is 490 g/mol. The van der Waals surface area contributed by atoms with Gasteiger partial charge in [0.2, 0.25) is 0 Å². The second-order valence-corrected chi connectivity index (χ2v) is 7.90. The Hall–Kier alpha value is -3.68. The van der Waals surface area contributed by atoms with Crippen molar-refractivity contribution in [2.45, 2.75) is 26.7 Å². The molecule has 0 aliphatic carbocycles. The van der Waals surface area contributed by atoms with Gasteiger partial charge in [0.15, 0.2) is 0 Å². The number of nitrogens with zero attached hydrogens (tertiary/aromatic N) is 3. The summed E-state index contributed by atoms with van der Waals surface area (Å²) < 4.78 is 10.8. The van der Waals surface area contributed by atoms with Crippen LogP contribution < -0.4 is 14.4 Å². The van der Waals surface area contributed by atoms with E-state index >= 15 is 0 Å². The topological polar surface area (TPSA) is 87.9 Å². The third-order valence-electron chi connectivity index (χ3n) is 5.73. The molecular weight excluding hydrogens is 454 g/mol. The van der Waals surface area contributed by atoms with E-state index in [1.54, 1.807) is 20.4 Å². The first kappa shape index (κ1) is 26.9. The maximum atomic E-state index is 9.75. The Bertz CT molecular complexity index is 1240. The number of benzene rings is 3. The molecule has 0 radical (unpaired) electrons. The molecule has 4 aromatic rings. The van der Waals surface area contributed by atoms with Crippen molar-refractivity contribution in [3.63, 3.8) is 0 Å². The van der Waals surface area contributed by atoms with Crippen molar-refractivity contribution >= 4 is 22.4 Å². The molecule has 0 amide bonds. The van der Waals surface area contributed by atoms with E-state index < -0.39 is 0 Å². The van der Waals surface area contributed by atoms with Gasteiger partial charge >= 0.3 is 0 Å². The van der Waals surface area contributed by atoms with Gasteiger partial charge in [0.1, 0.15) is 11.5 Å². The number of methoxy groups -OCH3 is 2. The molecule has 0 saturated carbocycles. The summed E-state index contributed by atoms with van der Waals surface area (Å²) in [5, 5.41) is 19.1. The number of aromatic nitrogens is 2. The van der Waals surface area contributed by atoms with Gasteiger partial charge in [-0.2, -0.15) is 0 Å². The van der Waals surface area contributed by atoms with Gasteiger partial charge in [0.05, 0.1) is 37.6 Å². The lowest BCUT2D eigenvalue weighted by Gasteiger charge is -2.25. The lowest BCUT2D eigenvalue weighted by Crippen LogP contribution is -2.21. The molecule has 4 rings (SSSR count). The molecule has 1 aromatic heterocycles. The Balaban J connectivity index is 0.00000176. The van der Waals surface area contributed by atoms with E-state index in [-0.39, 0.29) is 13.2 Å². The fourth-order valence-corrected chi connectivity index (χ4v) is 4.04. The molecule has 190 valence electrons. The molecule has 7 nitrogen and oxygen atoms in total. The number of fused-ring (bicyclic) bond motifs is 1. The number of anilines is 2. The summed E-state index contributed by atoms with van der Waals surface area (Å²) in [4.78, 5) is 11.5. The first-order valence-corrected chi connectivity index (χ1v) is 12.2. The lowest BCUT2D eigenvalue weighted by atomic mass is 10.0. The largest absolute Gasteiger partial charge is 0.497 e. The van der Waals surface area contributed by atoms with E-state index in [0.29, 0.717) is 30.9 Å². The highest BCUT2D eigenvalue weighted by atomic mass is 16.5. The van der Waals surface area contributed by atoms with Gasteiger partial charge in [-0.25, -0.2) is 4.98 Å². The van der Waals surface area contributed by atoms with Crippen LogP contribution in [0.15, 0.2) is 66.9 Å². The smallest absolute Gasteiger partial charge is 0.124 e. The van der Waals surface area contributed by atoms with Crippen molar-refractivity contribution in [1.29, 1.82) is 0 Å². The second kappa shape index (κ2) is 13.4. The van der Waals surface area contributed by atoms with E-state index in [9.17, 15) is 10.2 Å². The van der Waals surface area contributed by atoms with Gasteiger partial charge in [0, 0.05) is 55.3 Å². The summed E-state index contributed by atoms with van der Waals surface area (Å²) in [6, 6.07) is 19.6. The number of rotatable bonds is 10. The predicted molar refractivity (Wildman–Crippen MR) is 145 cm³/mol. The van der Waals surface area contributed by atoms with Crippen LogP contribution in [0, 0.1) is 0 Å². The van der Waals surface area contributed by atoms with E-state index in [0.717, 1.165) is 39.2 Å². The molecule has 0 unspecified atom stereocenters. The summed E-state index contributed by atoms with van der Waals surface area (Å²) in [7, 11) is 3.22. The van der Waals surface area contributed by atoms with Gasteiger partial charge < -0.3 is 24.6 Å². The van der Waals surface area contributed by atoms with Gasteiger partial charge in [-0.3, -0.25) is 4.98 Å². The maximum absolute atomic E-state index is 9.75. The molecule has 0 bridgehead atoms. The average Bonchev–Trinajstić information content (AvgIpc) is 2.93. The van der Waals surface area contributed by atoms with Crippen LogP contribution >= 0.6 is 0 Å². The fraction of sp³-hybridized carbons (Fsp3) is 0.310. The zero-order valence-corrected chi connectivity index (χ0v) is 21.4. The van der Waals surface area contributed by atoms with Gasteiger partial charge in [0.25, 0.3) is 0 Å². The van der Waals surface area contributed by atoms with E-state index in [2.05, 4.69) is 11.1 Å². The summed E-state index contributed by atoms with van der Waals surface area (Å²) in [6.07, 6.45) is 3.05. The number of hydrogen-bond acceptors (Lipinski definition) is 7. The maximum Gasteiger partial charge on any atom is 0.124 e. The minimum atomic E-state index is -0.0229. The standard InChI is InChI=1S/C27H29N3O4.C2H6/c1-33-24-14-23(15-25(17-24)34-2)30(10-12-32)22-7-8-26-27(16-22)29-21(18-28-26)13-20-6-4-3-5-19(20)9-11-31;1-2/h3-8,14-18,31-32H,9-13H2,1-2H3;1-2H3. The van der Waals surface area contributed by atoms with Crippen LogP contribution in [0.3, 0.4) is 0 Å². The highest BCUT2D eigenvalue weighted by Crippen LogP contribution is 2.33. The van der Waals surface area contributed by atoms with Crippen molar-refractivity contribution in [1.82, 2.24) is 9.97 Å². The molecule has 0 atom stereocenters. The van der Waals surface area contributed by atoms with Crippen LogP contribution in [-0.2, 0) is 12.8 Å². The molecule has 36 heavy (non-hydrogen) atoms. The molecule has 3 aromatic carbocycles. The first-order chi connectivity index (χ1) is 17.6. The Kier molecular flexibility index (Phi) is 10.0. The highest BCUT2D eigenvalue weighted by Gasteiger charge is 2.14. The zero-order chi connectivity index (χ0) is 25.9. The summed E-state index contributed by atoms with van der Waals surface area (Å²) in [6.45, 7) is 4.48. The van der Waals surface area contributed by atoms with Gasteiger partial charge in [-0.1, -0.05) is 38.1 Å². The number of hydrogen-bond donors (Lipinski definition) is 2. The third kappa shape index (κ3) is 6.50. The fourth-order valence-electron chi connectivity index (χ4n) is 4.04. The molecule has 7 heteroatoms. The Labute approximate surface area is 213 Å². The number of ether oxygens (including phenoxy) is 2. The minimum Gasteiger partial charge on any atom is -0.497 e. The van der Waals surface area contributed by atoms with Crippen LogP contribution in [0.4, 0.5) is 11.4 Å². The number of aliphatic hydroxyl groups is 2. The molecule has 0 fully saturated rings. The van der Waals surface area contributed by atoms with Crippen molar-refractivity contribution < 1.29 is 19.7 Å². The minimum absolute atomic E-state index is 0.0229. The van der Waals surface area contributed by atoms with Crippen molar-refractivity contribution in [2.24, 2.45) is 0 Å². The number of aliphatic hydroxyl groups excluding tert-OH is 2. The molecular formula is C29H35N3O4. The molecule has 0 spiro atoms. The summed E-state index contributed by atoms with van der Waals surface area (Å²) in [5.41, 5.74) is 6.38. The highest BCUT2D eigenvalue weighted by molar-refractivity contribution is 5.81. The zero-order valence-electron chi connectivity index (χ0n) is 21.4. The molecule has 0 aliphatic heterocycles. The molecule has 1 heterocycles. The van der Waals surface area contributed by atoms with Crippen LogP contribution in [-0.4, -0.2) is 54.2 Å². The van der Waals surface area contributed by atoms with Crippen molar-refractivity contribution in [2.75, 3.05) is 38.9 Å². The van der Waals surface area contributed by atoms with E-state index in [4.69, 9.17) is 14.5 Å². The van der Waals surface area contributed by atoms with Gasteiger partial charge in [-0.05, 0) is 35.7 Å². The summed E-state index contributed by atoms with van der Waals surface area (Å²) >= 11 is 0. The quantitative estimate of drug-likeness (QED) is 0.327. The Morgan fingerprint density at radius 2 is 1.47 bits per heavy atom. The third-order valence-corrected chi connectivity index (χ3v) is 5.73.